The van der Waals surface area contributed by atoms with Crippen LogP contribution in [0.15, 0.2) is 18.3 Å². The van der Waals surface area contributed by atoms with Crippen LogP contribution < -0.4 is 11.1 Å². The number of hydrogen-bond acceptors (Lipinski definition) is 6. The van der Waals surface area contributed by atoms with Crippen LogP contribution in [0.4, 0.5) is 11.6 Å². The number of pyridine rings is 1. The van der Waals surface area contributed by atoms with Gasteiger partial charge in [-0.1, -0.05) is 0 Å². The number of rotatable bonds is 5. The van der Waals surface area contributed by atoms with E-state index in [1.54, 1.807) is 4.52 Å². The van der Waals surface area contributed by atoms with Crippen LogP contribution in [0.2, 0.25) is 0 Å². The number of nitrogens with two attached hydrogens (primary N) is 1. The maximum atomic E-state index is 5.62. The zero-order valence-electron chi connectivity index (χ0n) is 11.5. The van der Waals surface area contributed by atoms with Crippen LogP contribution in [0.1, 0.15) is 6.42 Å². The molecule has 2 aromatic rings. The maximum absolute atomic E-state index is 5.62. The Hall–Kier alpha value is -1.86. The number of morpholine rings is 1. The number of hydrogen-bond donors (Lipinski definition) is 2. The quantitative estimate of drug-likeness (QED) is 0.772. The maximum Gasteiger partial charge on any atom is 0.240 e. The van der Waals surface area contributed by atoms with Gasteiger partial charge in [0.05, 0.1) is 18.9 Å². The van der Waals surface area contributed by atoms with Crippen molar-refractivity contribution >= 4 is 17.3 Å². The largest absolute Gasteiger partial charge is 0.382 e. The van der Waals surface area contributed by atoms with Crippen LogP contribution in [0, 0.1) is 0 Å². The zero-order valence-corrected chi connectivity index (χ0v) is 11.5. The third-order valence-corrected chi connectivity index (χ3v) is 3.45. The van der Waals surface area contributed by atoms with Crippen LogP contribution in [0.25, 0.3) is 5.65 Å². The minimum atomic E-state index is 0.299. The van der Waals surface area contributed by atoms with Gasteiger partial charge in [0.1, 0.15) is 0 Å². The van der Waals surface area contributed by atoms with Crippen LogP contribution in [-0.2, 0) is 4.74 Å². The topological polar surface area (TPSA) is 80.7 Å². The van der Waals surface area contributed by atoms with E-state index in [1.807, 2.05) is 18.3 Å². The van der Waals surface area contributed by atoms with Crippen molar-refractivity contribution in [1.29, 1.82) is 0 Å². The van der Waals surface area contributed by atoms with Crippen molar-refractivity contribution in [3.63, 3.8) is 0 Å². The van der Waals surface area contributed by atoms with E-state index >= 15 is 0 Å². The first-order chi connectivity index (χ1) is 9.83. The smallest absolute Gasteiger partial charge is 0.240 e. The highest BCUT2D eigenvalue weighted by atomic mass is 16.5. The van der Waals surface area contributed by atoms with Crippen LogP contribution in [0.5, 0.6) is 0 Å². The predicted molar refractivity (Wildman–Crippen MR) is 77.8 cm³/mol. The Labute approximate surface area is 117 Å². The fourth-order valence-electron chi connectivity index (χ4n) is 2.41. The Balaban J connectivity index is 1.52. The third-order valence-electron chi connectivity index (χ3n) is 3.45. The molecule has 108 valence electrons. The second-order valence-electron chi connectivity index (χ2n) is 4.89. The molecule has 0 saturated carbocycles. The normalized spacial score (nSPS) is 16.6. The number of nitrogen functional groups attached to an aromatic ring is 1. The Morgan fingerprint density at radius 2 is 2.20 bits per heavy atom. The molecule has 7 nitrogen and oxygen atoms in total. The first-order valence-corrected chi connectivity index (χ1v) is 6.98. The van der Waals surface area contributed by atoms with E-state index in [4.69, 9.17) is 10.5 Å². The molecule has 0 atom stereocenters. The van der Waals surface area contributed by atoms with Crippen molar-refractivity contribution in [3.8, 4) is 0 Å². The molecule has 1 fully saturated rings. The lowest BCUT2D eigenvalue weighted by Crippen LogP contribution is -2.37. The lowest BCUT2D eigenvalue weighted by atomic mass is 10.3. The van der Waals surface area contributed by atoms with Gasteiger partial charge in [-0.2, -0.15) is 4.98 Å². The second-order valence-corrected chi connectivity index (χ2v) is 4.89. The summed E-state index contributed by atoms with van der Waals surface area (Å²) in [6, 6.07) is 3.93. The zero-order chi connectivity index (χ0) is 13.8. The van der Waals surface area contributed by atoms with Crippen molar-refractivity contribution in [2.24, 2.45) is 0 Å². The van der Waals surface area contributed by atoms with Gasteiger partial charge >= 0.3 is 0 Å². The highest BCUT2D eigenvalue weighted by Gasteiger charge is 2.09. The summed E-state index contributed by atoms with van der Waals surface area (Å²) in [5.41, 5.74) is 7.37. The van der Waals surface area contributed by atoms with E-state index in [-0.39, 0.29) is 0 Å². The molecule has 3 N–H and O–H groups in total. The van der Waals surface area contributed by atoms with E-state index < -0.39 is 0 Å². The standard InChI is InChI=1S/C13H20N6O/c14-13-16-12-11(3-1-6-19(12)17-13)15-4-2-5-18-7-9-20-10-8-18/h1,3,6,15H,2,4-5,7-10H2,(H2,14,17). The average Bonchev–Trinajstić information content (AvgIpc) is 2.86. The number of aromatic nitrogens is 3. The van der Waals surface area contributed by atoms with Crippen LogP contribution in [-0.4, -0.2) is 58.9 Å². The van der Waals surface area contributed by atoms with E-state index in [2.05, 4.69) is 20.3 Å². The van der Waals surface area contributed by atoms with Crippen molar-refractivity contribution in [2.75, 3.05) is 50.4 Å². The van der Waals surface area contributed by atoms with Gasteiger partial charge < -0.3 is 15.8 Å². The fourth-order valence-corrected chi connectivity index (χ4v) is 2.41. The molecule has 0 bridgehead atoms. The first-order valence-electron chi connectivity index (χ1n) is 6.98. The Morgan fingerprint density at radius 3 is 3.05 bits per heavy atom. The lowest BCUT2D eigenvalue weighted by Gasteiger charge is -2.26. The fraction of sp³-hybridized carbons (Fsp3) is 0.538. The molecular weight excluding hydrogens is 256 g/mol. The highest BCUT2D eigenvalue weighted by molar-refractivity contribution is 5.67. The summed E-state index contributed by atoms with van der Waals surface area (Å²) in [7, 11) is 0. The van der Waals surface area contributed by atoms with E-state index in [0.29, 0.717) is 5.95 Å². The number of nitrogens with one attached hydrogen (secondary N) is 1. The average molecular weight is 276 g/mol. The number of ether oxygens (including phenoxy) is 1. The van der Waals surface area contributed by atoms with Crippen molar-refractivity contribution < 1.29 is 4.74 Å². The van der Waals surface area contributed by atoms with Gasteiger partial charge in [-0.15, -0.1) is 5.10 Å². The Kier molecular flexibility index (Phi) is 3.98. The predicted octanol–water partition coefficient (Wildman–Crippen LogP) is 0.446. The molecule has 0 radical (unpaired) electrons. The van der Waals surface area contributed by atoms with Gasteiger partial charge in [-0.25, -0.2) is 4.52 Å². The molecule has 0 amide bonds. The minimum absolute atomic E-state index is 0.299. The summed E-state index contributed by atoms with van der Waals surface area (Å²) < 4.78 is 7.03. The molecule has 0 spiro atoms. The van der Waals surface area contributed by atoms with Gasteiger partial charge in [-0.05, 0) is 25.1 Å². The molecule has 20 heavy (non-hydrogen) atoms. The highest BCUT2D eigenvalue weighted by Crippen LogP contribution is 2.15. The summed E-state index contributed by atoms with van der Waals surface area (Å²) in [6.07, 6.45) is 2.93. The second kappa shape index (κ2) is 6.06. The molecule has 7 heteroatoms. The minimum Gasteiger partial charge on any atom is -0.382 e. The molecule has 1 saturated heterocycles. The molecule has 0 aliphatic carbocycles. The Bertz CT molecular complexity index is 563. The van der Waals surface area contributed by atoms with Crippen molar-refractivity contribution in [3.05, 3.63) is 18.3 Å². The number of fused-ring (bicyclic) bond motifs is 1. The van der Waals surface area contributed by atoms with E-state index in [9.17, 15) is 0 Å². The van der Waals surface area contributed by atoms with Gasteiger partial charge in [0.25, 0.3) is 0 Å². The summed E-state index contributed by atoms with van der Waals surface area (Å²) in [6.45, 7) is 5.78. The molecule has 1 aliphatic heterocycles. The Morgan fingerprint density at radius 1 is 1.35 bits per heavy atom. The molecule has 0 unspecified atom stereocenters. The van der Waals surface area contributed by atoms with Crippen LogP contribution >= 0.6 is 0 Å². The molecule has 0 aromatic carbocycles. The van der Waals surface area contributed by atoms with Gasteiger partial charge in [-0.3, -0.25) is 4.90 Å². The third kappa shape index (κ3) is 3.00. The summed E-state index contributed by atoms with van der Waals surface area (Å²) in [5.74, 6) is 0.299. The lowest BCUT2D eigenvalue weighted by molar-refractivity contribution is 0.0378. The molecule has 2 aromatic heterocycles. The number of anilines is 2. The summed E-state index contributed by atoms with van der Waals surface area (Å²) in [4.78, 5) is 6.65. The monoisotopic (exact) mass is 276 g/mol. The molecule has 3 rings (SSSR count). The van der Waals surface area contributed by atoms with Gasteiger partial charge in [0.15, 0.2) is 5.65 Å². The first kappa shape index (κ1) is 13.1. The number of nitrogens with zero attached hydrogens (tertiary/aromatic N) is 4. The molecular formula is C13H20N6O. The van der Waals surface area contributed by atoms with E-state index in [0.717, 1.165) is 57.1 Å². The molecule has 1 aliphatic rings. The summed E-state index contributed by atoms with van der Waals surface area (Å²) in [5, 5.41) is 7.50. The van der Waals surface area contributed by atoms with Gasteiger partial charge in [0.2, 0.25) is 5.95 Å². The molecule has 3 heterocycles. The SMILES string of the molecule is Nc1nc2c(NCCCN3CCOCC3)cccn2n1. The van der Waals surface area contributed by atoms with Gasteiger partial charge in [0, 0.05) is 25.8 Å². The van der Waals surface area contributed by atoms with E-state index in [1.165, 1.54) is 0 Å². The van der Waals surface area contributed by atoms with Crippen LogP contribution in [0.3, 0.4) is 0 Å². The summed E-state index contributed by atoms with van der Waals surface area (Å²) >= 11 is 0. The van der Waals surface area contributed by atoms with Crippen molar-refractivity contribution in [1.82, 2.24) is 19.5 Å². The van der Waals surface area contributed by atoms with Crippen molar-refractivity contribution in [2.45, 2.75) is 6.42 Å².